The zero-order valence-corrected chi connectivity index (χ0v) is 12.5. The van der Waals surface area contributed by atoms with Crippen molar-refractivity contribution in [1.82, 2.24) is 5.32 Å². The third kappa shape index (κ3) is 5.59. The van der Waals surface area contributed by atoms with Gasteiger partial charge in [-0.05, 0) is 25.1 Å². The van der Waals surface area contributed by atoms with E-state index < -0.39 is 23.9 Å². The standard InChI is InChI=1S/C12H13BrClNO4/c1-12(19,5-10(16)17)6-15-11(18)7-2-8(13)4-9(14)3-7/h2-4,19H,5-6H2,1H3,(H,15,18)(H,16,17). The Balaban J connectivity index is 2.67. The molecule has 5 nitrogen and oxygen atoms in total. The number of carboxylic acids is 1. The zero-order valence-electron chi connectivity index (χ0n) is 10.1. The number of carbonyl (C=O) groups is 2. The van der Waals surface area contributed by atoms with E-state index in [1.54, 1.807) is 12.1 Å². The second-order valence-corrected chi connectivity index (χ2v) is 5.76. The molecule has 0 aliphatic carbocycles. The number of aliphatic carboxylic acids is 1. The second kappa shape index (κ2) is 6.36. The van der Waals surface area contributed by atoms with Crippen molar-refractivity contribution in [3.05, 3.63) is 33.3 Å². The Morgan fingerprint density at radius 2 is 2.05 bits per heavy atom. The molecule has 0 aliphatic heterocycles. The summed E-state index contributed by atoms with van der Waals surface area (Å²) in [5.74, 6) is -1.57. The molecule has 0 radical (unpaired) electrons. The number of aliphatic hydroxyl groups is 1. The molecule has 0 aliphatic rings. The van der Waals surface area contributed by atoms with Gasteiger partial charge >= 0.3 is 5.97 Å². The van der Waals surface area contributed by atoms with Crippen molar-refractivity contribution in [3.8, 4) is 0 Å². The molecule has 0 saturated carbocycles. The molecule has 1 rings (SSSR count). The normalized spacial score (nSPS) is 13.7. The number of carboxylic acid groups (broad SMARTS) is 1. The summed E-state index contributed by atoms with van der Waals surface area (Å²) >= 11 is 9.03. The zero-order chi connectivity index (χ0) is 14.6. The molecule has 7 heteroatoms. The highest BCUT2D eigenvalue weighted by molar-refractivity contribution is 9.10. The lowest BCUT2D eigenvalue weighted by molar-refractivity contribution is -0.141. The van der Waals surface area contributed by atoms with Gasteiger partial charge in [0.05, 0.1) is 12.0 Å². The first kappa shape index (κ1) is 15.9. The molecular weight excluding hydrogens is 337 g/mol. The molecule has 1 aromatic rings. The topological polar surface area (TPSA) is 86.6 Å². The smallest absolute Gasteiger partial charge is 0.306 e. The van der Waals surface area contributed by atoms with E-state index in [1.807, 2.05) is 0 Å². The van der Waals surface area contributed by atoms with Gasteiger partial charge in [0.1, 0.15) is 0 Å². The fourth-order valence-corrected chi connectivity index (χ4v) is 2.31. The fraction of sp³-hybridized carbons (Fsp3) is 0.333. The predicted molar refractivity (Wildman–Crippen MR) is 74.4 cm³/mol. The maximum atomic E-state index is 11.8. The van der Waals surface area contributed by atoms with Gasteiger partial charge in [-0.1, -0.05) is 27.5 Å². The average molecular weight is 351 g/mol. The molecule has 0 heterocycles. The molecule has 19 heavy (non-hydrogen) atoms. The number of hydrogen-bond donors (Lipinski definition) is 3. The van der Waals surface area contributed by atoms with Gasteiger partial charge in [-0.25, -0.2) is 0 Å². The lowest BCUT2D eigenvalue weighted by Crippen LogP contribution is -2.42. The predicted octanol–water partition coefficient (Wildman–Crippen LogP) is 2.06. The lowest BCUT2D eigenvalue weighted by atomic mass is 10.0. The van der Waals surface area contributed by atoms with Crippen LogP contribution in [0.2, 0.25) is 5.02 Å². The van der Waals surface area contributed by atoms with Gasteiger partial charge in [0.2, 0.25) is 0 Å². The number of nitrogens with one attached hydrogen (secondary N) is 1. The van der Waals surface area contributed by atoms with Gasteiger partial charge in [0.25, 0.3) is 5.91 Å². The lowest BCUT2D eigenvalue weighted by Gasteiger charge is -2.21. The van der Waals surface area contributed by atoms with Crippen molar-refractivity contribution in [1.29, 1.82) is 0 Å². The summed E-state index contributed by atoms with van der Waals surface area (Å²) in [7, 11) is 0. The maximum absolute atomic E-state index is 11.8. The summed E-state index contributed by atoms with van der Waals surface area (Å²) in [5.41, 5.74) is -1.18. The van der Waals surface area contributed by atoms with E-state index in [9.17, 15) is 14.7 Å². The first-order valence-corrected chi connectivity index (χ1v) is 6.55. The molecule has 1 amide bonds. The minimum absolute atomic E-state index is 0.164. The van der Waals surface area contributed by atoms with E-state index >= 15 is 0 Å². The Labute approximate surface area is 123 Å². The number of rotatable bonds is 5. The quantitative estimate of drug-likeness (QED) is 0.758. The van der Waals surface area contributed by atoms with E-state index in [0.29, 0.717) is 15.1 Å². The second-order valence-electron chi connectivity index (χ2n) is 4.41. The molecule has 1 aromatic carbocycles. The minimum atomic E-state index is -1.50. The number of hydrogen-bond acceptors (Lipinski definition) is 3. The summed E-state index contributed by atoms with van der Waals surface area (Å²) in [5, 5.41) is 21.2. The monoisotopic (exact) mass is 349 g/mol. The van der Waals surface area contributed by atoms with Crippen molar-refractivity contribution < 1.29 is 19.8 Å². The number of halogens is 2. The van der Waals surface area contributed by atoms with E-state index in [4.69, 9.17) is 16.7 Å². The van der Waals surface area contributed by atoms with Crippen LogP contribution in [-0.4, -0.2) is 34.2 Å². The Bertz CT molecular complexity index is 484. The summed E-state index contributed by atoms with van der Waals surface area (Å²) in [6.45, 7) is 1.18. The molecule has 0 saturated heterocycles. The summed E-state index contributed by atoms with van der Waals surface area (Å²) in [6, 6.07) is 4.69. The van der Waals surface area contributed by atoms with Crippen LogP contribution in [0.3, 0.4) is 0 Å². The van der Waals surface area contributed by atoms with Crippen LogP contribution in [0.5, 0.6) is 0 Å². The maximum Gasteiger partial charge on any atom is 0.306 e. The van der Waals surface area contributed by atoms with Crippen molar-refractivity contribution in [3.63, 3.8) is 0 Å². The van der Waals surface area contributed by atoms with Crippen molar-refractivity contribution in [2.75, 3.05) is 6.54 Å². The molecule has 0 spiro atoms. The van der Waals surface area contributed by atoms with E-state index in [1.165, 1.54) is 13.0 Å². The molecule has 0 fully saturated rings. The van der Waals surface area contributed by atoms with Crippen molar-refractivity contribution in [2.24, 2.45) is 0 Å². The van der Waals surface area contributed by atoms with Crippen LogP contribution in [0.15, 0.2) is 22.7 Å². The molecular formula is C12H13BrClNO4. The Morgan fingerprint density at radius 3 is 2.58 bits per heavy atom. The molecule has 3 N–H and O–H groups in total. The summed E-state index contributed by atoms with van der Waals surface area (Å²) in [4.78, 5) is 22.4. The fourth-order valence-electron chi connectivity index (χ4n) is 1.45. The van der Waals surface area contributed by atoms with Crippen molar-refractivity contribution in [2.45, 2.75) is 18.9 Å². The minimum Gasteiger partial charge on any atom is -0.481 e. The third-order valence-corrected chi connectivity index (χ3v) is 2.96. The van der Waals surface area contributed by atoms with Gasteiger partial charge in [0, 0.05) is 21.6 Å². The molecule has 0 aromatic heterocycles. The van der Waals surface area contributed by atoms with E-state index in [0.717, 1.165) is 0 Å². The van der Waals surface area contributed by atoms with Crippen LogP contribution >= 0.6 is 27.5 Å². The van der Waals surface area contributed by atoms with Crippen molar-refractivity contribution >= 4 is 39.4 Å². The SMILES string of the molecule is CC(O)(CNC(=O)c1cc(Cl)cc(Br)c1)CC(=O)O. The first-order chi connectivity index (χ1) is 8.69. The summed E-state index contributed by atoms with van der Waals surface area (Å²) < 4.78 is 0.655. The van der Waals surface area contributed by atoms with Gasteiger partial charge in [-0.2, -0.15) is 0 Å². The highest BCUT2D eigenvalue weighted by atomic mass is 79.9. The van der Waals surface area contributed by atoms with Crippen LogP contribution in [0.4, 0.5) is 0 Å². The number of carbonyl (C=O) groups excluding carboxylic acids is 1. The van der Waals surface area contributed by atoms with Gasteiger partial charge in [0.15, 0.2) is 0 Å². The van der Waals surface area contributed by atoms with Crippen LogP contribution in [0.1, 0.15) is 23.7 Å². The van der Waals surface area contributed by atoms with Gasteiger partial charge in [-0.3, -0.25) is 9.59 Å². The van der Waals surface area contributed by atoms with Crippen LogP contribution < -0.4 is 5.32 Å². The molecule has 1 atom stereocenters. The molecule has 104 valence electrons. The Hall–Kier alpha value is -1.11. The Morgan fingerprint density at radius 1 is 1.42 bits per heavy atom. The van der Waals surface area contributed by atoms with Crippen LogP contribution in [-0.2, 0) is 4.79 Å². The number of benzene rings is 1. The molecule has 1 unspecified atom stereocenters. The van der Waals surface area contributed by atoms with Crippen LogP contribution in [0, 0.1) is 0 Å². The highest BCUT2D eigenvalue weighted by Gasteiger charge is 2.25. The van der Waals surface area contributed by atoms with Crippen LogP contribution in [0.25, 0.3) is 0 Å². The number of amides is 1. The third-order valence-electron chi connectivity index (χ3n) is 2.29. The average Bonchev–Trinajstić information content (AvgIpc) is 2.22. The first-order valence-electron chi connectivity index (χ1n) is 5.38. The van der Waals surface area contributed by atoms with E-state index in [-0.39, 0.29) is 6.54 Å². The largest absolute Gasteiger partial charge is 0.481 e. The highest BCUT2D eigenvalue weighted by Crippen LogP contribution is 2.19. The van der Waals surface area contributed by atoms with Gasteiger partial charge < -0.3 is 15.5 Å². The summed E-state index contributed by atoms with van der Waals surface area (Å²) in [6.07, 6.45) is -0.452. The Kier molecular flexibility index (Phi) is 5.34. The van der Waals surface area contributed by atoms with Gasteiger partial charge in [-0.15, -0.1) is 0 Å². The molecule has 0 bridgehead atoms. The van der Waals surface area contributed by atoms with E-state index in [2.05, 4.69) is 21.2 Å².